The maximum absolute atomic E-state index is 11.3. The number of hydrogen-bond acceptors (Lipinski definition) is 4. The summed E-state index contributed by atoms with van der Waals surface area (Å²) in [5.41, 5.74) is 0. The summed E-state index contributed by atoms with van der Waals surface area (Å²) >= 11 is 0. The molecule has 104 valence electrons. The average molecular weight is 259 g/mol. The zero-order valence-corrected chi connectivity index (χ0v) is 10.9. The van der Waals surface area contributed by atoms with Crippen molar-refractivity contribution in [3.63, 3.8) is 0 Å². The van der Waals surface area contributed by atoms with Gasteiger partial charge in [-0.2, -0.15) is 0 Å². The molecule has 0 atom stereocenters. The highest BCUT2D eigenvalue weighted by Crippen LogP contribution is 1.90. The molecule has 0 aliphatic heterocycles. The van der Waals surface area contributed by atoms with Crippen LogP contribution in [0.25, 0.3) is 0 Å². The number of hydrogen-bond donors (Lipinski definition) is 3. The van der Waals surface area contributed by atoms with E-state index >= 15 is 0 Å². The predicted octanol–water partition coefficient (Wildman–Crippen LogP) is -0.965. The van der Waals surface area contributed by atoms with Gasteiger partial charge in [-0.3, -0.25) is 14.4 Å². The molecule has 0 bridgehead atoms. The van der Waals surface area contributed by atoms with Crippen LogP contribution in [0.2, 0.25) is 0 Å². The van der Waals surface area contributed by atoms with E-state index < -0.39 is 18.4 Å². The van der Waals surface area contributed by atoms with Crippen LogP contribution >= 0.6 is 0 Å². The van der Waals surface area contributed by atoms with E-state index in [-0.39, 0.29) is 18.7 Å². The first-order chi connectivity index (χ1) is 8.41. The summed E-state index contributed by atoms with van der Waals surface area (Å²) in [6.45, 7) is 1.05. The zero-order valence-electron chi connectivity index (χ0n) is 10.9. The third-order valence-electron chi connectivity index (χ3n) is 2.12. The second kappa shape index (κ2) is 9.41. The summed E-state index contributed by atoms with van der Waals surface area (Å²) in [4.78, 5) is 34.6. The molecular weight excluding hydrogens is 238 g/mol. The van der Waals surface area contributed by atoms with E-state index in [0.29, 0.717) is 6.54 Å². The number of nitrogens with one attached hydrogen (secondary N) is 2. The standard InChI is InChI=1S/C11H21N3O4/c1-14(2)7-3-6-12-9(15)4-5-10(16)13-8-11(17)18/h3-8H2,1-2H3,(H,12,15)(H,13,16)(H,17,18). The minimum atomic E-state index is -1.10. The van der Waals surface area contributed by atoms with E-state index in [1.54, 1.807) is 0 Å². The number of carbonyl (C=O) groups excluding carboxylic acids is 2. The van der Waals surface area contributed by atoms with Crippen LogP contribution in [0.1, 0.15) is 19.3 Å². The Labute approximate surface area is 107 Å². The number of rotatable bonds is 9. The molecule has 0 aromatic rings. The van der Waals surface area contributed by atoms with Crippen LogP contribution in [0, 0.1) is 0 Å². The third-order valence-corrected chi connectivity index (χ3v) is 2.12. The van der Waals surface area contributed by atoms with Crippen molar-refractivity contribution in [1.82, 2.24) is 15.5 Å². The normalized spacial score (nSPS) is 10.2. The van der Waals surface area contributed by atoms with E-state index in [2.05, 4.69) is 10.6 Å². The quantitative estimate of drug-likeness (QED) is 0.463. The van der Waals surface area contributed by atoms with E-state index in [1.807, 2.05) is 19.0 Å². The molecule has 0 saturated heterocycles. The van der Waals surface area contributed by atoms with E-state index in [0.717, 1.165) is 13.0 Å². The molecule has 0 aromatic carbocycles. The summed E-state index contributed by atoms with van der Waals surface area (Å²) in [7, 11) is 3.91. The second-order valence-electron chi connectivity index (χ2n) is 4.18. The minimum Gasteiger partial charge on any atom is -0.480 e. The van der Waals surface area contributed by atoms with Gasteiger partial charge in [-0.1, -0.05) is 0 Å². The molecule has 0 saturated carbocycles. The summed E-state index contributed by atoms with van der Waals surface area (Å²) in [6, 6.07) is 0. The molecule has 7 nitrogen and oxygen atoms in total. The van der Waals surface area contributed by atoms with Crippen LogP contribution in [0.5, 0.6) is 0 Å². The van der Waals surface area contributed by atoms with Gasteiger partial charge in [0, 0.05) is 19.4 Å². The maximum atomic E-state index is 11.3. The van der Waals surface area contributed by atoms with Gasteiger partial charge in [0.05, 0.1) is 0 Å². The van der Waals surface area contributed by atoms with Crippen molar-refractivity contribution >= 4 is 17.8 Å². The van der Waals surface area contributed by atoms with Crippen molar-refractivity contribution in [2.45, 2.75) is 19.3 Å². The van der Waals surface area contributed by atoms with Crippen molar-refractivity contribution < 1.29 is 19.5 Å². The van der Waals surface area contributed by atoms with Crippen LogP contribution in [-0.4, -0.2) is 61.5 Å². The predicted molar refractivity (Wildman–Crippen MR) is 66.1 cm³/mol. The molecule has 0 unspecified atom stereocenters. The molecule has 2 amide bonds. The lowest BCUT2D eigenvalue weighted by molar-refractivity contribution is -0.138. The molecule has 3 N–H and O–H groups in total. The van der Waals surface area contributed by atoms with Gasteiger partial charge >= 0.3 is 5.97 Å². The lowest BCUT2D eigenvalue weighted by Crippen LogP contribution is -2.31. The van der Waals surface area contributed by atoms with E-state index in [4.69, 9.17) is 5.11 Å². The molecule has 0 heterocycles. The third kappa shape index (κ3) is 10.9. The van der Waals surface area contributed by atoms with Crippen LogP contribution < -0.4 is 10.6 Å². The SMILES string of the molecule is CN(C)CCCNC(=O)CCC(=O)NCC(=O)O. The highest BCUT2D eigenvalue weighted by atomic mass is 16.4. The molecule has 0 radical (unpaired) electrons. The smallest absolute Gasteiger partial charge is 0.322 e. The van der Waals surface area contributed by atoms with Gasteiger partial charge in [0.25, 0.3) is 0 Å². The van der Waals surface area contributed by atoms with Crippen LogP contribution in [0.4, 0.5) is 0 Å². The molecule has 0 aliphatic rings. The summed E-state index contributed by atoms with van der Waals surface area (Å²) in [6.07, 6.45) is 0.935. The summed E-state index contributed by atoms with van der Waals surface area (Å²) < 4.78 is 0. The number of carboxylic acid groups (broad SMARTS) is 1. The van der Waals surface area contributed by atoms with Crippen LogP contribution in [0.3, 0.4) is 0 Å². The van der Waals surface area contributed by atoms with Crippen molar-refractivity contribution in [2.24, 2.45) is 0 Å². The number of nitrogens with zero attached hydrogens (tertiary/aromatic N) is 1. The van der Waals surface area contributed by atoms with E-state index in [9.17, 15) is 14.4 Å². The Kier molecular flexibility index (Phi) is 8.55. The van der Waals surface area contributed by atoms with Gasteiger partial charge in [-0.05, 0) is 27.1 Å². The van der Waals surface area contributed by atoms with Crippen molar-refractivity contribution in [3.8, 4) is 0 Å². The van der Waals surface area contributed by atoms with Gasteiger partial charge in [0.1, 0.15) is 6.54 Å². The Morgan fingerprint density at radius 3 is 2.11 bits per heavy atom. The van der Waals surface area contributed by atoms with Crippen LogP contribution in [0.15, 0.2) is 0 Å². The molecule has 0 aliphatic carbocycles. The first-order valence-electron chi connectivity index (χ1n) is 5.81. The highest BCUT2D eigenvalue weighted by molar-refractivity contribution is 5.85. The second-order valence-corrected chi connectivity index (χ2v) is 4.18. The van der Waals surface area contributed by atoms with Gasteiger partial charge in [-0.25, -0.2) is 0 Å². The Morgan fingerprint density at radius 2 is 1.61 bits per heavy atom. The lowest BCUT2D eigenvalue weighted by Gasteiger charge is -2.09. The monoisotopic (exact) mass is 259 g/mol. The Hall–Kier alpha value is -1.63. The average Bonchev–Trinajstić information content (AvgIpc) is 2.29. The highest BCUT2D eigenvalue weighted by Gasteiger charge is 2.07. The van der Waals surface area contributed by atoms with Crippen molar-refractivity contribution in [2.75, 3.05) is 33.7 Å². The Balaban J connectivity index is 3.52. The van der Waals surface area contributed by atoms with Crippen molar-refractivity contribution in [3.05, 3.63) is 0 Å². The summed E-state index contributed by atoms with van der Waals surface area (Å²) in [5.74, 6) is -1.73. The number of carbonyl (C=O) groups is 3. The zero-order chi connectivity index (χ0) is 14.0. The molecule has 0 aromatic heterocycles. The number of amides is 2. The largest absolute Gasteiger partial charge is 0.480 e. The Bertz CT molecular complexity index is 292. The van der Waals surface area contributed by atoms with Crippen LogP contribution in [-0.2, 0) is 14.4 Å². The molecular formula is C11H21N3O4. The molecule has 0 fully saturated rings. The molecule has 18 heavy (non-hydrogen) atoms. The van der Waals surface area contributed by atoms with Gasteiger partial charge in [0.15, 0.2) is 0 Å². The minimum absolute atomic E-state index is 0.00674. The van der Waals surface area contributed by atoms with Gasteiger partial charge in [-0.15, -0.1) is 0 Å². The fourth-order valence-corrected chi connectivity index (χ4v) is 1.20. The maximum Gasteiger partial charge on any atom is 0.322 e. The first-order valence-corrected chi connectivity index (χ1v) is 5.81. The first kappa shape index (κ1) is 16.4. The fraction of sp³-hybridized carbons (Fsp3) is 0.727. The molecule has 0 rings (SSSR count). The van der Waals surface area contributed by atoms with Gasteiger partial charge in [0.2, 0.25) is 11.8 Å². The van der Waals surface area contributed by atoms with E-state index in [1.165, 1.54) is 0 Å². The fourth-order valence-electron chi connectivity index (χ4n) is 1.20. The number of carboxylic acids is 1. The summed E-state index contributed by atoms with van der Waals surface area (Å²) in [5, 5.41) is 13.2. The lowest BCUT2D eigenvalue weighted by atomic mass is 10.2. The van der Waals surface area contributed by atoms with Crippen molar-refractivity contribution in [1.29, 1.82) is 0 Å². The number of aliphatic carboxylic acids is 1. The Morgan fingerprint density at radius 1 is 1.06 bits per heavy atom. The topological polar surface area (TPSA) is 98.7 Å². The molecule has 0 spiro atoms. The molecule has 7 heteroatoms. The van der Waals surface area contributed by atoms with Gasteiger partial charge < -0.3 is 20.6 Å².